The van der Waals surface area contributed by atoms with E-state index in [1.807, 2.05) is 0 Å². The van der Waals surface area contributed by atoms with Gasteiger partial charge in [0.2, 0.25) is 0 Å². The number of rotatable bonds is 1. The molecule has 0 aromatic heterocycles. The molecule has 0 aromatic carbocycles. The Labute approximate surface area is 183 Å². The van der Waals surface area contributed by atoms with E-state index in [4.69, 9.17) is 0 Å². The summed E-state index contributed by atoms with van der Waals surface area (Å²) in [5.74, 6) is 0. The van der Waals surface area contributed by atoms with Crippen molar-refractivity contribution in [2.75, 3.05) is 7.11 Å². The van der Waals surface area contributed by atoms with Crippen molar-refractivity contribution < 1.29 is 173 Å². The summed E-state index contributed by atoms with van der Waals surface area (Å²) in [6, 6.07) is 0. The van der Waals surface area contributed by atoms with E-state index in [1.165, 1.54) is 0 Å². The predicted octanol–water partition coefficient (Wildman–Crippen LogP) is -12.8. The van der Waals surface area contributed by atoms with Crippen LogP contribution >= 0.6 is 0 Å². The van der Waals surface area contributed by atoms with Gasteiger partial charge in [-0.1, -0.05) is 0 Å². The first-order valence-electron chi connectivity index (χ1n) is 1.22. The normalized spacial score (nSPS) is 8.00. The van der Waals surface area contributed by atoms with Crippen molar-refractivity contribution in [3.8, 4) is 0 Å². The second-order valence-electron chi connectivity index (χ2n) is 0.704. The topological polar surface area (TPSA) is 78.4 Å². The Morgan fingerprint density at radius 1 is 1.00 bits per heavy atom. The van der Waals surface area contributed by atoms with Crippen LogP contribution in [0.25, 0.3) is 0 Å². The summed E-state index contributed by atoms with van der Waals surface area (Å²) in [6.07, 6.45) is 0. The van der Waals surface area contributed by atoms with Gasteiger partial charge >= 0.3 is 154 Å². The molecule has 38 valence electrons. The Morgan fingerprint density at radius 3 is 1.11 bits per heavy atom. The van der Waals surface area contributed by atoms with Gasteiger partial charge in [-0.2, -0.15) is 0 Å². The van der Waals surface area contributed by atoms with Crippen molar-refractivity contribution in [1.29, 1.82) is 0 Å². The molecule has 0 unspecified atom stereocenters. The van der Waals surface area contributed by atoms with Crippen LogP contribution in [-0.2, 0) is 4.43 Å². The molecule has 0 aromatic rings. The Hall–Kier alpha value is 4.97. The zero-order chi connectivity index (χ0) is 5.21. The van der Waals surface area contributed by atoms with Crippen LogP contribution in [0.1, 0.15) is 0 Å². The summed E-state index contributed by atoms with van der Waals surface area (Å²) < 4.78 is 3.41. The largest absolute Gasteiger partial charge is 1.00 e. The van der Waals surface area contributed by atoms with Gasteiger partial charge in [0.05, 0.1) is 0 Å². The average Bonchev–Trinajstić information content (AvgIpc) is 1.35. The molecule has 4 nitrogen and oxygen atoms in total. The molecular formula is CH3K3O4Si. The van der Waals surface area contributed by atoms with E-state index in [1.54, 1.807) is 0 Å². The fraction of sp³-hybridized carbons (Fsp3) is 1.00. The van der Waals surface area contributed by atoms with Gasteiger partial charge in [0.15, 0.2) is 0 Å². The van der Waals surface area contributed by atoms with Gasteiger partial charge in [-0.15, -0.1) is 9.05 Å². The number of hydrogen-bond acceptors (Lipinski definition) is 4. The summed E-state index contributed by atoms with van der Waals surface area (Å²) in [4.78, 5) is 27.8. The van der Waals surface area contributed by atoms with E-state index in [0.717, 1.165) is 7.11 Å². The van der Waals surface area contributed by atoms with Crippen LogP contribution < -0.4 is 169 Å². The standard InChI is InChI=1S/CH3O4Si.3K/c1-5-6(2,3)4;;;/h1H3;;;/q-3;3*+1. The second kappa shape index (κ2) is 13.0. The van der Waals surface area contributed by atoms with E-state index in [2.05, 4.69) is 4.43 Å². The Bertz CT molecular complexity index is 45.6. The van der Waals surface area contributed by atoms with Crippen LogP contribution in [-0.4, -0.2) is 16.2 Å². The fourth-order valence-electron chi connectivity index (χ4n) is 0. The van der Waals surface area contributed by atoms with E-state index in [9.17, 15) is 14.4 Å². The zero-order valence-electron chi connectivity index (χ0n) is 6.13. The molecule has 0 aliphatic heterocycles. The quantitative estimate of drug-likeness (QED) is 0.414. The summed E-state index contributed by atoms with van der Waals surface area (Å²) in [5, 5.41) is 0. The third-order valence-electron chi connectivity index (χ3n) is 0.250. The van der Waals surface area contributed by atoms with E-state index in [0.29, 0.717) is 0 Å². The Morgan fingerprint density at radius 2 is 1.11 bits per heavy atom. The minimum Gasteiger partial charge on any atom is -0.861 e. The third-order valence-corrected chi connectivity index (χ3v) is 0.750. The van der Waals surface area contributed by atoms with Gasteiger partial charge in [-0.3, -0.25) is 0 Å². The SMILES string of the molecule is CO[Si]([O-])([O-])[O-].[K+].[K+].[K+]. The van der Waals surface area contributed by atoms with Gasteiger partial charge < -0.3 is 18.8 Å². The molecule has 0 N–H and O–H groups in total. The Kier molecular flexibility index (Phi) is 34.1. The minimum absolute atomic E-state index is 0. The molecular weight excluding hydrogens is 221 g/mol. The molecule has 0 spiro atoms. The molecule has 0 atom stereocenters. The molecule has 0 bridgehead atoms. The van der Waals surface area contributed by atoms with Crippen LogP contribution in [0.15, 0.2) is 0 Å². The van der Waals surface area contributed by atoms with Crippen LogP contribution in [0.4, 0.5) is 0 Å². The van der Waals surface area contributed by atoms with E-state index < -0.39 is 9.05 Å². The third kappa shape index (κ3) is 24.6. The van der Waals surface area contributed by atoms with Gasteiger partial charge in [-0.25, -0.2) is 0 Å². The van der Waals surface area contributed by atoms with Crippen molar-refractivity contribution >= 4 is 9.05 Å². The molecule has 0 aliphatic rings. The minimum atomic E-state index is -4.88. The van der Waals surface area contributed by atoms with Gasteiger partial charge in [0, 0.05) is 7.11 Å². The first-order chi connectivity index (χ1) is 2.56. The Balaban J connectivity index is -0.0000000417. The summed E-state index contributed by atoms with van der Waals surface area (Å²) in [7, 11) is -4.05. The van der Waals surface area contributed by atoms with Crippen LogP contribution in [0.5, 0.6) is 0 Å². The molecule has 0 aliphatic carbocycles. The molecule has 9 heavy (non-hydrogen) atoms. The fourth-order valence-corrected chi connectivity index (χ4v) is 0. The summed E-state index contributed by atoms with van der Waals surface area (Å²) >= 11 is 0. The van der Waals surface area contributed by atoms with Gasteiger partial charge in [-0.05, 0) is 0 Å². The van der Waals surface area contributed by atoms with Crippen LogP contribution in [0, 0.1) is 0 Å². The maximum Gasteiger partial charge on any atom is 1.00 e. The van der Waals surface area contributed by atoms with Crippen LogP contribution in [0.2, 0.25) is 0 Å². The first-order valence-corrected chi connectivity index (χ1v) is 2.86. The molecule has 0 radical (unpaired) electrons. The smallest absolute Gasteiger partial charge is 0.861 e. The zero-order valence-corrected chi connectivity index (χ0v) is 16.5. The molecule has 0 fully saturated rings. The second-order valence-corrected chi connectivity index (χ2v) is 2.11. The van der Waals surface area contributed by atoms with Gasteiger partial charge in [0.25, 0.3) is 0 Å². The number of hydrogen-bond donors (Lipinski definition) is 0. The molecule has 8 heteroatoms. The molecule has 0 amide bonds. The first kappa shape index (κ1) is 23.6. The summed E-state index contributed by atoms with van der Waals surface area (Å²) in [5.41, 5.74) is 0. The van der Waals surface area contributed by atoms with Crippen molar-refractivity contribution in [3.63, 3.8) is 0 Å². The summed E-state index contributed by atoms with van der Waals surface area (Å²) in [6.45, 7) is 0. The monoisotopic (exact) mass is 224 g/mol. The van der Waals surface area contributed by atoms with E-state index >= 15 is 0 Å². The van der Waals surface area contributed by atoms with Crippen LogP contribution in [0.3, 0.4) is 0 Å². The van der Waals surface area contributed by atoms with E-state index in [-0.39, 0.29) is 154 Å². The molecule has 0 rings (SSSR count). The molecule has 0 saturated carbocycles. The van der Waals surface area contributed by atoms with Crippen molar-refractivity contribution in [3.05, 3.63) is 0 Å². The van der Waals surface area contributed by atoms with Gasteiger partial charge in [0.1, 0.15) is 0 Å². The van der Waals surface area contributed by atoms with Crippen molar-refractivity contribution in [2.45, 2.75) is 0 Å². The molecule has 0 saturated heterocycles. The van der Waals surface area contributed by atoms with Crippen molar-refractivity contribution in [2.24, 2.45) is 0 Å². The predicted molar refractivity (Wildman–Crippen MR) is 12.8 cm³/mol. The average molecular weight is 224 g/mol. The molecule has 0 heterocycles. The maximum atomic E-state index is 9.28. The van der Waals surface area contributed by atoms with Crippen molar-refractivity contribution in [1.82, 2.24) is 0 Å². The maximum absolute atomic E-state index is 9.28.